The van der Waals surface area contributed by atoms with Crippen LogP contribution in [0.1, 0.15) is 27.5 Å². The lowest BCUT2D eigenvalue weighted by Gasteiger charge is -2.27. The number of benzene rings is 1. The first-order valence-electron chi connectivity index (χ1n) is 7.98. The van der Waals surface area contributed by atoms with Crippen LogP contribution in [0.25, 0.3) is 0 Å². The molecular weight excluding hydrogens is 439 g/mol. The van der Waals surface area contributed by atoms with Gasteiger partial charge >= 0.3 is 0 Å². The quantitative estimate of drug-likeness (QED) is 0.732. The van der Waals surface area contributed by atoms with E-state index in [1.165, 1.54) is 11.1 Å². The van der Waals surface area contributed by atoms with Crippen molar-refractivity contribution in [1.29, 1.82) is 0 Å². The average molecular weight is 462 g/mol. The molecule has 0 saturated heterocycles. The second-order valence-corrected chi connectivity index (χ2v) is 7.00. The number of carbonyl (C=O) groups excluding carboxylic acids is 1. The minimum Gasteiger partial charge on any atom is -0.362 e. The fourth-order valence-electron chi connectivity index (χ4n) is 3.02. The van der Waals surface area contributed by atoms with Crippen molar-refractivity contribution in [3.8, 4) is 0 Å². The molecule has 5 nitrogen and oxygen atoms in total. The van der Waals surface area contributed by atoms with Gasteiger partial charge in [0.25, 0.3) is 5.91 Å². The van der Waals surface area contributed by atoms with Crippen LogP contribution in [0.4, 0.5) is 5.82 Å². The highest BCUT2D eigenvalue weighted by molar-refractivity contribution is 9.10. The molecule has 1 unspecified atom stereocenters. The largest absolute Gasteiger partial charge is 0.362 e. The number of hydrogen-bond acceptors (Lipinski definition) is 4. The van der Waals surface area contributed by atoms with Gasteiger partial charge in [0.1, 0.15) is 5.82 Å². The SMILES string of the molecule is CN(C)c1ncc(Br)cc1C(=O)NCC1NCCc2ccccc21.Cl.Cl. The van der Waals surface area contributed by atoms with Gasteiger partial charge in [-0.25, -0.2) is 4.98 Å². The van der Waals surface area contributed by atoms with E-state index in [9.17, 15) is 4.79 Å². The van der Waals surface area contributed by atoms with E-state index >= 15 is 0 Å². The molecule has 1 atom stereocenters. The summed E-state index contributed by atoms with van der Waals surface area (Å²) in [5, 5.41) is 6.52. The predicted molar refractivity (Wildman–Crippen MR) is 114 cm³/mol. The van der Waals surface area contributed by atoms with Gasteiger partial charge < -0.3 is 15.5 Å². The zero-order valence-corrected chi connectivity index (χ0v) is 17.9. The molecule has 1 aromatic carbocycles. The molecule has 1 aliphatic heterocycles. The Morgan fingerprint density at radius 2 is 2.08 bits per heavy atom. The Bertz CT molecular complexity index is 758. The van der Waals surface area contributed by atoms with Crippen LogP contribution in [0.5, 0.6) is 0 Å². The molecule has 2 N–H and O–H groups in total. The number of carbonyl (C=O) groups is 1. The number of halogens is 3. The molecular formula is C18H23BrCl2N4O. The maximum atomic E-state index is 12.7. The van der Waals surface area contributed by atoms with Gasteiger partial charge in [0.15, 0.2) is 0 Å². The number of nitrogens with zero attached hydrogens (tertiary/aromatic N) is 2. The van der Waals surface area contributed by atoms with Crippen LogP contribution >= 0.6 is 40.7 Å². The molecule has 1 aliphatic rings. The van der Waals surface area contributed by atoms with E-state index in [-0.39, 0.29) is 36.8 Å². The monoisotopic (exact) mass is 460 g/mol. The Labute approximate surface area is 174 Å². The van der Waals surface area contributed by atoms with Crippen molar-refractivity contribution < 1.29 is 4.79 Å². The van der Waals surface area contributed by atoms with Crippen molar-refractivity contribution in [2.24, 2.45) is 0 Å². The van der Waals surface area contributed by atoms with Crippen molar-refractivity contribution in [2.75, 3.05) is 32.1 Å². The van der Waals surface area contributed by atoms with E-state index in [0.29, 0.717) is 17.9 Å². The normalized spacial score (nSPS) is 15.1. The van der Waals surface area contributed by atoms with E-state index < -0.39 is 0 Å². The van der Waals surface area contributed by atoms with Gasteiger partial charge in [0, 0.05) is 37.4 Å². The molecule has 1 aromatic heterocycles. The second-order valence-electron chi connectivity index (χ2n) is 6.08. The van der Waals surface area contributed by atoms with Crippen LogP contribution in [0.15, 0.2) is 41.0 Å². The lowest BCUT2D eigenvalue weighted by Crippen LogP contribution is -2.39. The first-order chi connectivity index (χ1) is 11.6. The smallest absolute Gasteiger partial charge is 0.255 e. The van der Waals surface area contributed by atoms with Crippen molar-refractivity contribution >= 4 is 52.5 Å². The van der Waals surface area contributed by atoms with Gasteiger partial charge in [0.05, 0.1) is 5.56 Å². The zero-order valence-electron chi connectivity index (χ0n) is 14.7. The molecule has 2 aromatic rings. The summed E-state index contributed by atoms with van der Waals surface area (Å²) in [4.78, 5) is 18.8. The van der Waals surface area contributed by atoms with Gasteiger partial charge in [-0.05, 0) is 46.1 Å². The van der Waals surface area contributed by atoms with Crippen molar-refractivity contribution in [1.82, 2.24) is 15.6 Å². The van der Waals surface area contributed by atoms with E-state index in [1.54, 1.807) is 12.3 Å². The summed E-state index contributed by atoms with van der Waals surface area (Å²) in [6.45, 7) is 1.48. The van der Waals surface area contributed by atoms with Gasteiger partial charge in [0.2, 0.25) is 0 Å². The highest BCUT2D eigenvalue weighted by Gasteiger charge is 2.21. The highest BCUT2D eigenvalue weighted by Crippen LogP contribution is 2.23. The van der Waals surface area contributed by atoms with Crippen LogP contribution in [0.2, 0.25) is 0 Å². The number of anilines is 1. The minimum absolute atomic E-state index is 0. The maximum Gasteiger partial charge on any atom is 0.255 e. The van der Waals surface area contributed by atoms with Gasteiger partial charge in [-0.1, -0.05) is 24.3 Å². The predicted octanol–water partition coefficient (Wildman–Crippen LogP) is 3.37. The van der Waals surface area contributed by atoms with E-state index in [1.807, 2.05) is 25.1 Å². The third-order valence-corrected chi connectivity index (χ3v) is 4.62. The molecule has 0 fully saturated rings. The second kappa shape index (κ2) is 10.1. The summed E-state index contributed by atoms with van der Waals surface area (Å²) in [6, 6.07) is 10.3. The molecule has 26 heavy (non-hydrogen) atoms. The Morgan fingerprint density at radius 1 is 1.35 bits per heavy atom. The lowest BCUT2D eigenvalue weighted by atomic mass is 9.94. The highest BCUT2D eigenvalue weighted by atomic mass is 79.9. The number of fused-ring (bicyclic) bond motifs is 1. The Kier molecular flexibility index (Phi) is 8.83. The molecule has 0 saturated carbocycles. The number of pyridine rings is 1. The number of amides is 1. The molecule has 8 heteroatoms. The standard InChI is InChI=1S/C18H21BrN4O.2ClH/c1-23(2)17-15(9-13(19)10-21-17)18(24)22-11-16-14-6-4-3-5-12(14)7-8-20-16;;/h3-6,9-10,16,20H,7-8,11H2,1-2H3,(H,22,24);2*1H. The Morgan fingerprint density at radius 3 is 2.81 bits per heavy atom. The number of aromatic nitrogens is 1. The molecule has 142 valence electrons. The van der Waals surface area contributed by atoms with E-state index in [2.05, 4.69) is 49.7 Å². The lowest BCUT2D eigenvalue weighted by molar-refractivity contribution is 0.0949. The van der Waals surface area contributed by atoms with Crippen molar-refractivity contribution in [3.05, 3.63) is 57.7 Å². The summed E-state index contributed by atoms with van der Waals surface area (Å²) < 4.78 is 0.791. The first kappa shape index (κ1) is 22.7. The summed E-state index contributed by atoms with van der Waals surface area (Å²) in [5.74, 6) is 0.546. The third kappa shape index (κ3) is 5.10. The zero-order chi connectivity index (χ0) is 17.1. The van der Waals surface area contributed by atoms with Gasteiger partial charge in [-0.3, -0.25) is 4.79 Å². The molecule has 2 heterocycles. The molecule has 0 spiro atoms. The molecule has 3 rings (SSSR count). The summed E-state index contributed by atoms with van der Waals surface area (Å²) in [7, 11) is 3.76. The van der Waals surface area contributed by atoms with Gasteiger partial charge in [-0.15, -0.1) is 24.8 Å². The number of hydrogen-bond donors (Lipinski definition) is 2. The summed E-state index contributed by atoms with van der Waals surface area (Å²) >= 11 is 3.39. The topological polar surface area (TPSA) is 57.3 Å². The molecule has 0 aliphatic carbocycles. The molecule has 1 amide bonds. The van der Waals surface area contributed by atoms with E-state index in [4.69, 9.17) is 0 Å². The van der Waals surface area contributed by atoms with Crippen LogP contribution in [0.3, 0.4) is 0 Å². The third-order valence-electron chi connectivity index (χ3n) is 4.18. The van der Waals surface area contributed by atoms with Crippen LogP contribution in [-0.2, 0) is 6.42 Å². The van der Waals surface area contributed by atoms with Crippen molar-refractivity contribution in [3.63, 3.8) is 0 Å². The Hall–Kier alpha value is -1.34. The average Bonchev–Trinajstić information content (AvgIpc) is 2.59. The van der Waals surface area contributed by atoms with Crippen LogP contribution < -0.4 is 15.5 Å². The fraction of sp³-hybridized carbons (Fsp3) is 0.333. The Balaban J connectivity index is 0.00000169. The number of nitrogens with one attached hydrogen (secondary N) is 2. The van der Waals surface area contributed by atoms with Crippen molar-refractivity contribution in [2.45, 2.75) is 12.5 Å². The maximum absolute atomic E-state index is 12.7. The fourth-order valence-corrected chi connectivity index (χ4v) is 3.35. The number of rotatable bonds is 4. The first-order valence-corrected chi connectivity index (χ1v) is 8.78. The van der Waals surface area contributed by atoms with Crippen LogP contribution in [0, 0.1) is 0 Å². The van der Waals surface area contributed by atoms with E-state index in [0.717, 1.165) is 17.4 Å². The molecule has 0 radical (unpaired) electrons. The summed E-state index contributed by atoms with van der Waals surface area (Å²) in [5.41, 5.74) is 3.19. The van der Waals surface area contributed by atoms with Gasteiger partial charge in [-0.2, -0.15) is 0 Å². The minimum atomic E-state index is -0.114. The molecule has 0 bridgehead atoms. The summed E-state index contributed by atoms with van der Waals surface area (Å²) in [6.07, 6.45) is 2.73. The van der Waals surface area contributed by atoms with Crippen LogP contribution in [-0.4, -0.2) is 38.1 Å².